The molecular formula is C37H31N. The summed E-state index contributed by atoms with van der Waals surface area (Å²) >= 11 is 0. The van der Waals surface area contributed by atoms with Gasteiger partial charge in [0.25, 0.3) is 0 Å². The highest BCUT2D eigenvalue weighted by Gasteiger charge is 2.19. The summed E-state index contributed by atoms with van der Waals surface area (Å²) in [4.78, 5) is 2.46. The molecule has 0 saturated carbocycles. The molecular weight excluding hydrogens is 458 g/mol. The number of benzene rings is 6. The van der Waals surface area contributed by atoms with Gasteiger partial charge in [0.2, 0.25) is 0 Å². The fourth-order valence-electron chi connectivity index (χ4n) is 6.34. The first-order valence-corrected chi connectivity index (χ1v) is 13.8. The van der Waals surface area contributed by atoms with Gasteiger partial charge in [-0.1, -0.05) is 84.9 Å². The number of allylic oxidation sites excluding steroid dienone is 4. The van der Waals surface area contributed by atoms with Gasteiger partial charge in [-0.15, -0.1) is 0 Å². The van der Waals surface area contributed by atoms with E-state index >= 15 is 0 Å². The molecule has 0 radical (unpaired) electrons. The topological polar surface area (TPSA) is 3.24 Å². The number of nitrogens with zero attached hydrogens (tertiary/aromatic N) is 1. The molecule has 0 aromatic heterocycles. The fraction of sp³-hybridized carbons (Fsp3) is 0.135. The second-order valence-corrected chi connectivity index (χ2v) is 10.3. The molecule has 1 nitrogen and oxygen atoms in total. The van der Waals surface area contributed by atoms with Crippen LogP contribution >= 0.6 is 0 Å². The molecule has 0 bridgehead atoms. The van der Waals surface area contributed by atoms with Crippen LogP contribution in [0, 0.1) is 0 Å². The van der Waals surface area contributed by atoms with Crippen molar-refractivity contribution in [2.45, 2.75) is 20.3 Å². The predicted molar refractivity (Wildman–Crippen MR) is 167 cm³/mol. The Morgan fingerprint density at radius 3 is 1.95 bits per heavy atom. The van der Waals surface area contributed by atoms with Gasteiger partial charge in [0, 0.05) is 24.3 Å². The standard InChI is InChI=1S/C37H31N/c1-3-38(4-2)37-18-8-7-14-33(37)31-17-10-16-30(31)32-15-9-13-27-22-29-20-19-28-21-25-11-5-6-12-26(25)23-34(28)36(29)24-35(27)32/h5-16,18-24H,3-4,17H2,1-2H3. The van der Waals surface area contributed by atoms with E-state index in [4.69, 9.17) is 0 Å². The van der Waals surface area contributed by atoms with Crippen LogP contribution in [0.1, 0.15) is 31.4 Å². The van der Waals surface area contributed by atoms with Gasteiger partial charge in [-0.25, -0.2) is 0 Å². The van der Waals surface area contributed by atoms with Gasteiger partial charge >= 0.3 is 0 Å². The molecule has 0 saturated heterocycles. The van der Waals surface area contributed by atoms with E-state index < -0.39 is 0 Å². The van der Waals surface area contributed by atoms with E-state index in [1.54, 1.807) is 0 Å². The number of anilines is 1. The Kier molecular flexibility index (Phi) is 5.51. The summed E-state index contributed by atoms with van der Waals surface area (Å²) in [5.41, 5.74) is 6.77. The SMILES string of the molecule is CCN(CC)c1ccccc1C1=C(c2cccc3cc4ccc5cc6ccccc6cc5c4cc23)C=CC1. The van der Waals surface area contributed by atoms with E-state index in [2.05, 4.69) is 134 Å². The van der Waals surface area contributed by atoms with Gasteiger partial charge in [0.05, 0.1) is 0 Å². The van der Waals surface area contributed by atoms with E-state index in [0.717, 1.165) is 19.5 Å². The van der Waals surface area contributed by atoms with Crippen LogP contribution in [0.5, 0.6) is 0 Å². The van der Waals surface area contributed by atoms with E-state index in [1.807, 2.05) is 0 Å². The van der Waals surface area contributed by atoms with Crippen LogP contribution in [-0.2, 0) is 0 Å². The minimum absolute atomic E-state index is 0.965. The predicted octanol–water partition coefficient (Wildman–Crippen LogP) is 10.0. The first kappa shape index (κ1) is 22.8. The monoisotopic (exact) mass is 489 g/mol. The maximum absolute atomic E-state index is 2.46. The molecule has 1 aliphatic rings. The van der Waals surface area contributed by atoms with Gasteiger partial charge in [0.1, 0.15) is 0 Å². The zero-order valence-electron chi connectivity index (χ0n) is 22.0. The largest absolute Gasteiger partial charge is 0.372 e. The summed E-state index contributed by atoms with van der Waals surface area (Å²) in [5.74, 6) is 0. The first-order valence-electron chi connectivity index (χ1n) is 13.8. The van der Waals surface area contributed by atoms with E-state index in [1.165, 1.54) is 71.1 Å². The van der Waals surface area contributed by atoms with Crippen molar-refractivity contribution in [2.75, 3.05) is 18.0 Å². The minimum atomic E-state index is 0.965. The van der Waals surface area contributed by atoms with Crippen molar-refractivity contribution in [2.24, 2.45) is 0 Å². The molecule has 7 rings (SSSR count). The number of rotatable bonds is 5. The van der Waals surface area contributed by atoms with E-state index in [0.29, 0.717) is 0 Å². The Bertz CT molecular complexity index is 1920. The van der Waals surface area contributed by atoms with Crippen LogP contribution in [0.3, 0.4) is 0 Å². The average molecular weight is 490 g/mol. The molecule has 0 fully saturated rings. The highest BCUT2D eigenvalue weighted by molar-refractivity contribution is 6.17. The third-order valence-electron chi connectivity index (χ3n) is 8.26. The Morgan fingerprint density at radius 1 is 0.553 bits per heavy atom. The first-order chi connectivity index (χ1) is 18.7. The van der Waals surface area contributed by atoms with Gasteiger partial charge in [-0.2, -0.15) is 0 Å². The highest BCUT2D eigenvalue weighted by atomic mass is 15.1. The molecule has 6 aromatic carbocycles. The van der Waals surface area contributed by atoms with Crippen molar-refractivity contribution in [1.82, 2.24) is 0 Å². The lowest BCUT2D eigenvalue weighted by molar-refractivity contribution is 0.864. The molecule has 0 spiro atoms. The zero-order chi connectivity index (χ0) is 25.6. The van der Waals surface area contributed by atoms with Crippen LogP contribution in [0.25, 0.3) is 54.2 Å². The van der Waals surface area contributed by atoms with Crippen molar-refractivity contribution in [3.05, 3.63) is 126 Å². The van der Waals surface area contributed by atoms with Crippen LogP contribution in [0.4, 0.5) is 5.69 Å². The van der Waals surface area contributed by atoms with Gasteiger partial charge < -0.3 is 4.90 Å². The van der Waals surface area contributed by atoms with Crippen molar-refractivity contribution in [1.29, 1.82) is 0 Å². The number of para-hydroxylation sites is 1. The van der Waals surface area contributed by atoms with E-state index in [-0.39, 0.29) is 0 Å². The second kappa shape index (κ2) is 9.19. The number of hydrogen-bond donors (Lipinski definition) is 0. The summed E-state index contributed by atoms with van der Waals surface area (Å²) in [6, 6.07) is 38.4. The molecule has 0 atom stereocenters. The average Bonchev–Trinajstić information content (AvgIpc) is 3.45. The minimum Gasteiger partial charge on any atom is -0.372 e. The molecule has 1 heteroatoms. The maximum Gasteiger partial charge on any atom is 0.0442 e. The lowest BCUT2D eigenvalue weighted by Crippen LogP contribution is -2.23. The summed E-state index contributed by atoms with van der Waals surface area (Å²) in [7, 11) is 0. The molecule has 0 heterocycles. The van der Waals surface area contributed by atoms with Crippen LogP contribution < -0.4 is 4.90 Å². The van der Waals surface area contributed by atoms with E-state index in [9.17, 15) is 0 Å². The van der Waals surface area contributed by atoms with Gasteiger partial charge in [0.15, 0.2) is 0 Å². The molecule has 6 aromatic rings. The summed E-state index contributed by atoms with van der Waals surface area (Å²) in [5, 5.41) is 10.4. The maximum atomic E-state index is 2.46. The second-order valence-electron chi connectivity index (χ2n) is 10.3. The van der Waals surface area contributed by atoms with Crippen LogP contribution in [-0.4, -0.2) is 13.1 Å². The summed E-state index contributed by atoms with van der Waals surface area (Å²) in [6.07, 6.45) is 5.63. The lowest BCUT2D eigenvalue weighted by atomic mass is 9.90. The van der Waals surface area contributed by atoms with Crippen LogP contribution in [0.2, 0.25) is 0 Å². The Labute approximate surface area is 224 Å². The summed E-state index contributed by atoms with van der Waals surface area (Å²) < 4.78 is 0. The molecule has 1 aliphatic carbocycles. The number of hydrogen-bond acceptors (Lipinski definition) is 1. The quantitative estimate of drug-likeness (QED) is 0.172. The Morgan fingerprint density at radius 2 is 1.16 bits per heavy atom. The third kappa shape index (κ3) is 3.62. The molecule has 38 heavy (non-hydrogen) atoms. The van der Waals surface area contributed by atoms with Gasteiger partial charge in [-0.3, -0.25) is 0 Å². The smallest absolute Gasteiger partial charge is 0.0442 e. The normalized spacial score (nSPS) is 13.4. The molecule has 184 valence electrons. The Hall–Kier alpha value is -4.36. The Balaban J connectivity index is 1.49. The third-order valence-corrected chi connectivity index (χ3v) is 8.26. The van der Waals surface area contributed by atoms with Crippen molar-refractivity contribution >= 4 is 59.9 Å². The lowest BCUT2D eigenvalue weighted by Gasteiger charge is -2.25. The summed E-state index contributed by atoms with van der Waals surface area (Å²) in [6.45, 7) is 6.49. The van der Waals surface area contributed by atoms with Crippen LogP contribution in [0.15, 0.2) is 115 Å². The van der Waals surface area contributed by atoms with Gasteiger partial charge in [-0.05, 0) is 110 Å². The van der Waals surface area contributed by atoms with Crippen molar-refractivity contribution in [3.8, 4) is 0 Å². The molecule has 0 unspecified atom stereocenters. The fourth-order valence-corrected chi connectivity index (χ4v) is 6.34. The van der Waals surface area contributed by atoms with Crippen molar-refractivity contribution in [3.63, 3.8) is 0 Å². The number of fused-ring (bicyclic) bond motifs is 5. The van der Waals surface area contributed by atoms with Crippen molar-refractivity contribution < 1.29 is 0 Å². The zero-order valence-corrected chi connectivity index (χ0v) is 22.0. The molecule has 0 aliphatic heterocycles. The molecule has 0 N–H and O–H groups in total. The molecule has 0 amide bonds. The highest BCUT2D eigenvalue weighted by Crippen LogP contribution is 2.42.